The normalized spacial score (nSPS) is 14.9. The van der Waals surface area contributed by atoms with E-state index in [1.165, 1.54) is 0 Å². The van der Waals surface area contributed by atoms with E-state index in [-0.39, 0.29) is 32.2 Å². The van der Waals surface area contributed by atoms with E-state index in [0.717, 1.165) is 0 Å². The summed E-state index contributed by atoms with van der Waals surface area (Å²) in [6.07, 6.45) is -0.723. The fraction of sp³-hybridized carbons (Fsp3) is 0.864. The van der Waals surface area contributed by atoms with Gasteiger partial charge >= 0.3 is 5.97 Å². The molecule has 0 aliphatic rings. The summed E-state index contributed by atoms with van der Waals surface area (Å²) in [5.74, 6) is -1.46. The molecule has 5 N–H and O–H groups in total. The predicted octanol–water partition coefficient (Wildman–Crippen LogP) is 0.987. The van der Waals surface area contributed by atoms with E-state index in [4.69, 9.17) is 19.9 Å². The number of hydrogen-bond donors (Lipinski definition) is 4. The Morgan fingerprint density at radius 1 is 0.969 bits per heavy atom. The quantitative estimate of drug-likeness (QED) is 0.170. The van der Waals surface area contributed by atoms with Crippen LogP contribution in [0.3, 0.4) is 0 Å². The third-order valence-corrected chi connectivity index (χ3v) is 3.99. The van der Waals surface area contributed by atoms with E-state index < -0.39 is 47.4 Å². The second kappa shape index (κ2) is 14.4. The zero-order valence-electron chi connectivity index (χ0n) is 20.7. The van der Waals surface area contributed by atoms with Crippen LogP contribution < -0.4 is 16.4 Å². The highest BCUT2D eigenvalue weighted by Crippen LogP contribution is 2.14. The molecule has 0 aliphatic heterocycles. The van der Waals surface area contributed by atoms with Crippen LogP contribution in [0.4, 0.5) is 0 Å². The maximum atomic E-state index is 12.6. The minimum absolute atomic E-state index is 0.0472. The first-order valence-corrected chi connectivity index (χ1v) is 11.1. The lowest BCUT2D eigenvalue weighted by atomic mass is 10.1. The van der Waals surface area contributed by atoms with Crippen molar-refractivity contribution >= 4 is 17.8 Å². The predicted molar refractivity (Wildman–Crippen MR) is 121 cm³/mol. The molecule has 10 heteroatoms. The molecule has 0 aliphatic carbocycles. The molecule has 0 saturated heterocycles. The van der Waals surface area contributed by atoms with Gasteiger partial charge in [0.25, 0.3) is 0 Å². The van der Waals surface area contributed by atoms with Gasteiger partial charge in [0.05, 0.1) is 18.2 Å². The van der Waals surface area contributed by atoms with Crippen LogP contribution in [0.2, 0.25) is 0 Å². The van der Waals surface area contributed by atoms with Crippen LogP contribution in [0, 0.1) is 0 Å². The van der Waals surface area contributed by atoms with Crippen molar-refractivity contribution in [1.29, 1.82) is 0 Å². The van der Waals surface area contributed by atoms with Crippen molar-refractivity contribution in [1.82, 2.24) is 10.6 Å². The fourth-order valence-corrected chi connectivity index (χ4v) is 2.64. The van der Waals surface area contributed by atoms with Gasteiger partial charge in [-0.25, -0.2) is 0 Å². The molecule has 10 nitrogen and oxygen atoms in total. The van der Waals surface area contributed by atoms with Crippen molar-refractivity contribution in [2.75, 3.05) is 19.8 Å². The van der Waals surface area contributed by atoms with Crippen LogP contribution in [-0.4, -0.2) is 72.2 Å². The zero-order chi connectivity index (χ0) is 24.9. The van der Waals surface area contributed by atoms with Crippen molar-refractivity contribution in [3.05, 3.63) is 0 Å². The number of nitrogens with two attached hydrogens (primary N) is 1. The van der Waals surface area contributed by atoms with Gasteiger partial charge in [0.2, 0.25) is 11.8 Å². The van der Waals surface area contributed by atoms with Gasteiger partial charge in [-0.05, 0) is 61.3 Å². The molecule has 0 saturated carbocycles. The highest BCUT2D eigenvalue weighted by atomic mass is 16.6. The number of hydrogen-bond acceptors (Lipinski definition) is 8. The number of esters is 1. The van der Waals surface area contributed by atoms with Crippen molar-refractivity contribution < 1.29 is 33.7 Å². The topological polar surface area (TPSA) is 149 Å². The summed E-state index contributed by atoms with van der Waals surface area (Å²) in [6.45, 7) is 13.6. The number of aliphatic hydroxyl groups excluding tert-OH is 1. The van der Waals surface area contributed by atoms with Crippen molar-refractivity contribution in [3.8, 4) is 0 Å². The van der Waals surface area contributed by atoms with Gasteiger partial charge in [-0.2, -0.15) is 0 Å². The molecule has 0 radical (unpaired) electrons. The average molecular weight is 462 g/mol. The summed E-state index contributed by atoms with van der Waals surface area (Å²) in [4.78, 5) is 37.1. The zero-order valence-corrected chi connectivity index (χ0v) is 20.7. The van der Waals surface area contributed by atoms with Crippen LogP contribution in [0.5, 0.6) is 0 Å². The summed E-state index contributed by atoms with van der Waals surface area (Å²) in [7, 11) is 0. The number of aliphatic hydroxyl groups is 1. The fourth-order valence-electron chi connectivity index (χ4n) is 2.64. The van der Waals surface area contributed by atoms with Gasteiger partial charge < -0.3 is 35.7 Å². The molecule has 0 aromatic carbocycles. The highest BCUT2D eigenvalue weighted by Gasteiger charge is 2.26. The average Bonchev–Trinajstić information content (AvgIpc) is 2.63. The SMILES string of the molecule is CCOCCNC(=O)C(CCC(=O)OC(C)(C)C)NC(=O)[C@@H](N)CCC(O)OC(C)(C)C. The minimum Gasteiger partial charge on any atom is -0.460 e. The molecular weight excluding hydrogens is 418 g/mol. The van der Waals surface area contributed by atoms with Gasteiger partial charge in [0.15, 0.2) is 6.29 Å². The molecule has 0 aromatic heterocycles. The molecule has 0 rings (SSSR count). The monoisotopic (exact) mass is 461 g/mol. The van der Waals surface area contributed by atoms with Crippen molar-refractivity contribution in [2.24, 2.45) is 5.73 Å². The number of amides is 2. The minimum atomic E-state index is -1.06. The van der Waals surface area contributed by atoms with Gasteiger partial charge in [0.1, 0.15) is 11.6 Å². The molecule has 2 unspecified atom stereocenters. The van der Waals surface area contributed by atoms with E-state index >= 15 is 0 Å². The third kappa shape index (κ3) is 16.0. The van der Waals surface area contributed by atoms with E-state index in [1.54, 1.807) is 20.8 Å². The summed E-state index contributed by atoms with van der Waals surface area (Å²) < 4.78 is 15.9. The Morgan fingerprint density at radius 2 is 1.59 bits per heavy atom. The van der Waals surface area contributed by atoms with E-state index in [9.17, 15) is 19.5 Å². The van der Waals surface area contributed by atoms with Gasteiger partial charge in [-0.1, -0.05) is 0 Å². The molecule has 188 valence electrons. The second-order valence-electron chi connectivity index (χ2n) is 9.54. The van der Waals surface area contributed by atoms with Crippen LogP contribution in [0.1, 0.15) is 74.1 Å². The van der Waals surface area contributed by atoms with Gasteiger partial charge in [-0.3, -0.25) is 14.4 Å². The van der Waals surface area contributed by atoms with Crippen molar-refractivity contribution in [3.63, 3.8) is 0 Å². The molecule has 0 aromatic rings. The summed E-state index contributed by atoms with van der Waals surface area (Å²) in [5, 5.41) is 15.2. The molecular formula is C22H43N3O7. The first kappa shape index (κ1) is 30.2. The Labute approximate surface area is 191 Å². The molecule has 3 atom stereocenters. The van der Waals surface area contributed by atoms with Crippen LogP contribution >= 0.6 is 0 Å². The Hall–Kier alpha value is -1.75. The van der Waals surface area contributed by atoms with Gasteiger partial charge in [0, 0.05) is 26.0 Å². The first-order chi connectivity index (χ1) is 14.6. The van der Waals surface area contributed by atoms with Crippen LogP contribution in [-0.2, 0) is 28.6 Å². The largest absolute Gasteiger partial charge is 0.460 e. The van der Waals surface area contributed by atoms with Crippen LogP contribution in [0.15, 0.2) is 0 Å². The molecule has 0 fully saturated rings. The second-order valence-corrected chi connectivity index (χ2v) is 9.54. The summed E-state index contributed by atoms with van der Waals surface area (Å²) in [5.41, 5.74) is 4.76. The van der Waals surface area contributed by atoms with Gasteiger partial charge in [-0.15, -0.1) is 0 Å². The number of nitrogens with one attached hydrogen (secondary N) is 2. The Bertz CT molecular complexity index is 585. The maximum absolute atomic E-state index is 12.6. The lowest BCUT2D eigenvalue weighted by molar-refractivity contribution is -0.169. The van der Waals surface area contributed by atoms with E-state index in [2.05, 4.69) is 10.6 Å². The molecule has 2 amide bonds. The van der Waals surface area contributed by atoms with Crippen molar-refractivity contribution in [2.45, 2.75) is 104 Å². The lowest BCUT2D eigenvalue weighted by Gasteiger charge is -2.25. The Morgan fingerprint density at radius 3 is 2.12 bits per heavy atom. The Balaban J connectivity index is 4.87. The summed E-state index contributed by atoms with van der Waals surface area (Å²) >= 11 is 0. The maximum Gasteiger partial charge on any atom is 0.306 e. The number of rotatable bonds is 14. The first-order valence-electron chi connectivity index (χ1n) is 11.1. The van der Waals surface area contributed by atoms with E-state index in [1.807, 2.05) is 27.7 Å². The van der Waals surface area contributed by atoms with Crippen LogP contribution in [0.25, 0.3) is 0 Å². The smallest absolute Gasteiger partial charge is 0.306 e. The third-order valence-electron chi connectivity index (χ3n) is 3.99. The van der Waals surface area contributed by atoms with E-state index in [0.29, 0.717) is 13.2 Å². The number of ether oxygens (including phenoxy) is 3. The Kier molecular flexibility index (Phi) is 13.6. The number of carbonyl (C=O) groups is 3. The lowest BCUT2D eigenvalue weighted by Crippen LogP contribution is -2.52. The molecule has 32 heavy (non-hydrogen) atoms. The summed E-state index contributed by atoms with van der Waals surface area (Å²) in [6, 6.07) is -1.91. The standard InChI is InChI=1S/C22H43N3O7/c1-8-30-14-13-24-20(29)16(10-12-18(27)32-22(5,6)7)25-19(28)15(23)9-11-17(26)31-21(2,3)4/h15-17,26H,8-14,23H2,1-7H3,(H,24,29)(H,25,28)/t15-,16?,17?/m0/s1. The molecule has 0 spiro atoms. The number of carbonyl (C=O) groups excluding carboxylic acids is 3. The molecule has 0 heterocycles. The highest BCUT2D eigenvalue weighted by molar-refractivity contribution is 5.90. The molecule has 0 bridgehead atoms.